The third-order valence-electron chi connectivity index (χ3n) is 4.84. The second-order valence-corrected chi connectivity index (χ2v) is 8.39. The van der Waals surface area contributed by atoms with Gasteiger partial charge in [-0.15, -0.1) is 0 Å². The summed E-state index contributed by atoms with van der Waals surface area (Å²) in [7, 11) is -3.58. The minimum absolute atomic E-state index is 0.225. The van der Waals surface area contributed by atoms with E-state index < -0.39 is 10.0 Å². The molecule has 2 aromatic rings. The van der Waals surface area contributed by atoms with Crippen molar-refractivity contribution in [3.05, 3.63) is 64.5 Å². The first-order valence-electron chi connectivity index (χ1n) is 8.16. The first kappa shape index (κ1) is 17.1. The van der Waals surface area contributed by atoms with Gasteiger partial charge in [0.25, 0.3) is 0 Å². The molecule has 1 saturated heterocycles. The van der Waals surface area contributed by atoms with Gasteiger partial charge in [-0.1, -0.05) is 18.2 Å². The molecule has 0 unspecified atom stereocenters. The SMILES string of the molecule is Cc1cc(C)c(S(=O)(=O)N2CCC[C@H]2c2ccc(F)cc2)cc1C. The fourth-order valence-electron chi connectivity index (χ4n) is 3.38. The molecule has 1 heterocycles. The van der Waals surface area contributed by atoms with Crippen LogP contribution in [0.5, 0.6) is 0 Å². The largest absolute Gasteiger partial charge is 0.243 e. The molecule has 1 atom stereocenters. The molecule has 3 nitrogen and oxygen atoms in total. The Morgan fingerprint density at radius 3 is 2.29 bits per heavy atom. The molecule has 3 rings (SSSR count). The van der Waals surface area contributed by atoms with Gasteiger partial charge in [0.2, 0.25) is 10.0 Å². The molecular formula is C19H22FNO2S. The molecule has 1 aliphatic heterocycles. The molecule has 0 spiro atoms. The Morgan fingerprint density at radius 1 is 1.00 bits per heavy atom. The van der Waals surface area contributed by atoms with Gasteiger partial charge in [-0.25, -0.2) is 12.8 Å². The van der Waals surface area contributed by atoms with Gasteiger partial charge in [-0.05, 0) is 74.1 Å². The van der Waals surface area contributed by atoms with Crippen molar-refractivity contribution in [1.82, 2.24) is 4.31 Å². The lowest BCUT2D eigenvalue weighted by Gasteiger charge is -2.25. The van der Waals surface area contributed by atoms with Crippen LogP contribution in [0.25, 0.3) is 0 Å². The lowest BCUT2D eigenvalue weighted by Crippen LogP contribution is -2.31. The summed E-state index contributed by atoms with van der Waals surface area (Å²) in [4.78, 5) is 0.375. The molecule has 0 radical (unpaired) electrons. The molecule has 0 N–H and O–H groups in total. The second-order valence-electron chi connectivity index (χ2n) is 6.53. The lowest BCUT2D eigenvalue weighted by atomic mass is 10.1. The predicted molar refractivity (Wildman–Crippen MR) is 92.9 cm³/mol. The van der Waals surface area contributed by atoms with Crippen molar-refractivity contribution in [2.24, 2.45) is 0 Å². The Bertz CT molecular complexity index is 860. The summed E-state index contributed by atoms with van der Waals surface area (Å²) >= 11 is 0. The van der Waals surface area contributed by atoms with E-state index in [1.807, 2.05) is 26.8 Å². The predicted octanol–water partition coefficient (Wildman–Crippen LogP) is 4.28. The molecule has 0 amide bonds. The fourth-order valence-corrected chi connectivity index (χ4v) is 5.36. The summed E-state index contributed by atoms with van der Waals surface area (Å²) in [6, 6.07) is 9.60. The van der Waals surface area contributed by atoms with Crippen LogP contribution in [0.2, 0.25) is 0 Å². The standard InChI is InChI=1S/C19H22FNO2S/c1-13-11-15(3)19(12-14(13)2)24(22,23)21-10-4-5-18(21)16-6-8-17(20)9-7-16/h6-9,11-12,18H,4-5,10H2,1-3H3/t18-/m0/s1. The highest BCUT2D eigenvalue weighted by atomic mass is 32.2. The Kier molecular flexibility index (Phi) is 4.49. The number of hydrogen-bond acceptors (Lipinski definition) is 2. The summed E-state index contributed by atoms with van der Waals surface area (Å²) in [5, 5.41) is 0. The third-order valence-corrected chi connectivity index (χ3v) is 6.89. The van der Waals surface area contributed by atoms with Gasteiger partial charge in [0, 0.05) is 6.54 Å². The van der Waals surface area contributed by atoms with Crippen LogP contribution in [0.1, 0.15) is 41.1 Å². The number of halogens is 1. The maximum Gasteiger partial charge on any atom is 0.243 e. The topological polar surface area (TPSA) is 37.4 Å². The maximum atomic E-state index is 13.2. The minimum Gasteiger partial charge on any atom is -0.207 e. The summed E-state index contributed by atoms with van der Waals surface area (Å²) in [6.45, 7) is 6.24. The van der Waals surface area contributed by atoms with Crippen LogP contribution in [-0.4, -0.2) is 19.3 Å². The highest BCUT2D eigenvalue weighted by molar-refractivity contribution is 7.89. The molecule has 1 fully saturated rings. The maximum absolute atomic E-state index is 13.2. The molecular weight excluding hydrogens is 325 g/mol. The van der Waals surface area contributed by atoms with Gasteiger partial charge in [-0.2, -0.15) is 4.31 Å². The van der Waals surface area contributed by atoms with E-state index in [0.717, 1.165) is 35.1 Å². The zero-order valence-corrected chi connectivity index (χ0v) is 15.0. The molecule has 5 heteroatoms. The van der Waals surface area contributed by atoms with Crippen molar-refractivity contribution in [3.8, 4) is 0 Å². The van der Waals surface area contributed by atoms with Crippen LogP contribution >= 0.6 is 0 Å². The van der Waals surface area contributed by atoms with Crippen molar-refractivity contribution < 1.29 is 12.8 Å². The van der Waals surface area contributed by atoms with Crippen molar-refractivity contribution in [2.45, 2.75) is 44.6 Å². The zero-order chi connectivity index (χ0) is 17.5. The monoisotopic (exact) mass is 347 g/mol. The first-order chi connectivity index (χ1) is 11.3. The van der Waals surface area contributed by atoms with E-state index in [0.29, 0.717) is 11.4 Å². The van der Waals surface area contributed by atoms with Crippen molar-refractivity contribution in [1.29, 1.82) is 0 Å². The zero-order valence-electron chi connectivity index (χ0n) is 14.2. The normalized spacial score (nSPS) is 18.9. The van der Waals surface area contributed by atoms with E-state index in [-0.39, 0.29) is 11.9 Å². The highest BCUT2D eigenvalue weighted by Gasteiger charge is 2.37. The molecule has 0 saturated carbocycles. The summed E-state index contributed by atoms with van der Waals surface area (Å²) in [5.74, 6) is -0.309. The lowest BCUT2D eigenvalue weighted by molar-refractivity contribution is 0.396. The van der Waals surface area contributed by atoms with Crippen LogP contribution in [0, 0.1) is 26.6 Å². The van der Waals surface area contributed by atoms with Gasteiger partial charge in [0.1, 0.15) is 5.82 Å². The van der Waals surface area contributed by atoms with Crippen molar-refractivity contribution in [3.63, 3.8) is 0 Å². The van der Waals surface area contributed by atoms with Gasteiger partial charge >= 0.3 is 0 Å². The van der Waals surface area contributed by atoms with Crippen LogP contribution in [0.4, 0.5) is 4.39 Å². The number of aryl methyl sites for hydroxylation is 3. The van der Waals surface area contributed by atoms with E-state index in [1.165, 1.54) is 12.1 Å². The van der Waals surface area contributed by atoms with Crippen molar-refractivity contribution in [2.75, 3.05) is 6.54 Å². The van der Waals surface area contributed by atoms with E-state index in [1.54, 1.807) is 22.5 Å². The second kappa shape index (κ2) is 6.30. The van der Waals surface area contributed by atoms with Crippen molar-refractivity contribution >= 4 is 10.0 Å². The highest BCUT2D eigenvalue weighted by Crippen LogP contribution is 2.37. The van der Waals surface area contributed by atoms with E-state index in [4.69, 9.17) is 0 Å². The molecule has 0 aromatic heterocycles. The number of sulfonamides is 1. The van der Waals surface area contributed by atoms with E-state index in [9.17, 15) is 12.8 Å². The Hall–Kier alpha value is -1.72. The van der Waals surface area contributed by atoms with Gasteiger partial charge in [-0.3, -0.25) is 0 Å². The van der Waals surface area contributed by atoms with Crippen LogP contribution in [0.3, 0.4) is 0 Å². The molecule has 0 bridgehead atoms. The number of rotatable bonds is 3. The summed E-state index contributed by atoms with van der Waals surface area (Å²) in [6.07, 6.45) is 1.57. The number of nitrogens with zero attached hydrogens (tertiary/aromatic N) is 1. The summed E-state index contributed by atoms with van der Waals surface area (Å²) < 4.78 is 41.2. The number of hydrogen-bond donors (Lipinski definition) is 0. The quantitative estimate of drug-likeness (QED) is 0.831. The molecule has 2 aromatic carbocycles. The molecule has 1 aliphatic rings. The summed E-state index contributed by atoms with van der Waals surface area (Å²) in [5.41, 5.74) is 3.67. The Balaban J connectivity index is 2.02. The average Bonchev–Trinajstić information content (AvgIpc) is 3.02. The van der Waals surface area contributed by atoms with Crippen LogP contribution in [0.15, 0.2) is 41.3 Å². The average molecular weight is 347 g/mol. The Morgan fingerprint density at radius 2 is 1.62 bits per heavy atom. The molecule has 128 valence electrons. The van der Waals surface area contributed by atoms with Crippen LogP contribution in [-0.2, 0) is 10.0 Å². The third kappa shape index (κ3) is 2.98. The first-order valence-corrected chi connectivity index (χ1v) is 9.60. The molecule has 0 aliphatic carbocycles. The van der Waals surface area contributed by atoms with E-state index in [2.05, 4.69) is 0 Å². The van der Waals surface area contributed by atoms with Gasteiger partial charge < -0.3 is 0 Å². The Labute approximate surface area is 143 Å². The fraction of sp³-hybridized carbons (Fsp3) is 0.368. The minimum atomic E-state index is -3.58. The van der Waals surface area contributed by atoms with Crippen LogP contribution < -0.4 is 0 Å². The van der Waals surface area contributed by atoms with Gasteiger partial charge in [0.15, 0.2) is 0 Å². The smallest absolute Gasteiger partial charge is 0.207 e. The van der Waals surface area contributed by atoms with E-state index >= 15 is 0 Å². The van der Waals surface area contributed by atoms with Gasteiger partial charge in [0.05, 0.1) is 10.9 Å². The molecule has 24 heavy (non-hydrogen) atoms. The number of benzene rings is 2.